The van der Waals surface area contributed by atoms with Crippen LogP contribution in [0.4, 0.5) is 0 Å². The van der Waals surface area contributed by atoms with Gasteiger partial charge in [-0.25, -0.2) is 0 Å². The molecule has 0 aliphatic rings. The van der Waals surface area contributed by atoms with Crippen LogP contribution in [0.3, 0.4) is 0 Å². The SMILES string of the molecule is CC(CCO)NC(=O)c1cc(Cn2cc(Br)cn2)on1. The fourth-order valence-corrected chi connectivity index (χ4v) is 1.97. The van der Waals surface area contributed by atoms with Gasteiger partial charge >= 0.3 is 0 Å². The molecule has 0 aromatic carbocycles. The molecular formula is C12H15BrN4O3. The molecule has 7 nitrogen and oxygen atoms in total. The van der Waals surface area contributed by atoms with E-state index in [-0.39, 0.29) is 24.2 Å². The second-order valence-electron chi connectivity index (χ2n) is 4.42. The van der Waals surface area contributed by atoms with Crippen molar-refractivity contribution in [1.29, 1.82) is 0 Å². The predicted molar refractivity (Wildman–Crippen MR) is 74.2 cm³/mol. The monoisotopic (exact) mass is 342 g/mol. The summed E-state index contributed by atoms with van der Waals surface area (Å²) in [4.78, 5) is 11.9. The van der Waals surface area contributed by atoms with E-state index in [4.69, 9.17) is 9.63 Å². The highest BCUT2D eigenvalue weighted by atomic mass is 79.9. The summed E-state index contributed by atoms with van der Waals surface area (Å²) in [5, 5.41) is 19.3. The van der Waals surface area contributed by atoms with Gasteiger partial charge in [-0.3, -0.25) is 9.48 Å². The summed E-state index contributed by atoms with van der Waals surface area (Å²) in [6, 6.07) is 1.46. The molecule has 0 aliphatic carbocycles. The van der Waals surface area contributed by atoms with Gasteiger partial charge in [0.25, 0.3) is 5.91 Å². The van der Waals surface area contributed by atoms with Crippen LogP contribution in [-0.2, 0) is 6.54 Å². The van der Waals surface area contributed by atoms with Crippen molar-refractivity contribution >= 4 is 21.8 Å². The lowest BCUT2D eigenvalue weighted by molar-refractivity contribution is 0.0925. The van der Waals surface area contributed by atoms with E-state index >= 15 is 0 Å². The van der Waals surface area contributed by atoms with E-state index in [1.165, 1.54) is 0 Å². The minimum absolute atomic E-state index is 0.0275. The number of carbonyl (C=O) groups excluding carboxylic acids is 1. The maximum atomic E-state index is 11.9. The lowest BCUT2D eigenvalue weighted by Gasteiger charge is -2.10. The summed E-state index contributed by atoms with van der Waals surface area (Å²) in [5.41, 5.74) is 0.219. The van der Waals surface area contributed by atoms with Gasteiger partial charge < -0.3 is 14.9 Å². The van der Waals surface area contributed by atoms with Gasteiger partial charge in [0.05, 0.1) is 10.7 Å². The van der Waals surface area contributed by atoms with Gasteiger partial charge in [0.15, 0.2) is 11.5 Å². The van der Waals surface area contributed by atoms with Gasteiger partial charge in [-0.05, 0) is 29.3 Å². The lowest BCUT2D eigenvalue weighted by atomic mass is 10.2. The second kappa shape index (κ2) is 6.67. The van der Waals surface area contributed by atoms with E-state index in [1.807, 2.05) is 6.92 Å². The maximum absolute atomic E-state index is 11.9. The van der Waals surface area contributed by atoms with E-state index < -0.39 is 0 Å². The van der Waals surface area contributed by atoms with Crippen LogP contribution in [0.5, 0.6) is 0 Å². The molecule has 20 heavy (non-hydrogen) atoms. The first-order valence-electron chi connectivity index (χ1n) is 6.13. The number of amides is 1. The number of nitrogens with one attached hydrogen (secondary N) is 1. The summed E-state index contributed by atoms with van der Waals surface area (Å²) >= 11 is 3.30. The third-order valence-electron chi connectivity index (χ3n) is 2.65. The maximum Gasteiger partial charge on any atom is 0.273 e. The zero-order valence-corrected chi connectivity index (χ0v) is 12.5. The molecule has 0 spiro atoms. The van der Waals surface area contributed by atoms with Crippen LogP contribution in [0.15, 0.2) is 27.5 Å². The van der Waals surface area contributed by atoms with Crippen LogP contribution in [0, 0.1) is 0 Å². The fraction of sp³-hybridized carbons (Fsp3) is 0.417. The Balaban J connectivity index is 1.96. The fourth-order valence-electron chi connectivity index (χ4n) is 1.64. The third kappa shape index (κ3) is 3.91. The van der Waals surface area contributed by atoms with Gasteiger partial charge in [-0.2, -0.15) is 5.10 Å². The highest BCUT2D eigenvalue weighted by Crippen LogP contribution is 2.10. The number of aliphatic hydroxyl groups is 1. The van der Waals surface area contributed by atoms with Crippen LogP contribution in [-0.4, -0.2) is 38.6 Å². The number of carbonyl (C=O) groups is 1. The van der Waals surface area contributed by atoms with Crippen molar-refractivity contribution in [2.45, 2.75) is 25.9 Å². The Morgan fingerprint density at radius 3 is 3.10 bits per heavy atom. The van der Waals surface area contributed by atoms with Crippen LogP contribution in [0.1, 0.15) is 29.6 Å². The predicted octanol–water partition coefficient (Wildman–Crippen LogP) is 1.18. The summed E-state index contributed by atoms with van der Waals surface area (Å²) < 4.78 is 7.64. The summed E-state index contributed by atoms with van der Waals surface area (Å²) in [6.07, 6.45) is 3.96. The van der Waals surface area contributed by atoms with Gasteiger partial charge in [0.2, 0.25) is 0 Å². The molecule has 0 fully saturated rings. The average Bonchev–Trinajstić information content (AvgIpc) is 2.99. The van der Waals surface area contributed by atoms with E-state index in [0.29, 0.717) is 18.7 Å². The Hall–Kier alpha value is -1.67. The van der Waals surface area contributed by atoms with Crippen molar-refractivity contribution in [3.8, 4) is 0 Å². The molecule has 2 aromatic rings. The zero-order valence-electron chi connectivity index (χ0n) is 10.9. The Morgan fingerprint density at radius 1 is 1.65 bits per heavy atom. The number of aliphatic hydroxyl groups excluding tert-OH is 1. The molecule has 0 saturated heterocycles. The molecule has 0 saturated carbocycles. The second-order valence-corrected chi connectivity index (χ2v) is 5.34. The van der Waals surface area contributed by atoms with E-state index in [9.17, 15) is 4.79 Å². The Bertz CT molecular complexity index is 581. The first-order chi connectivity index (χ1) is 9.58. The van der Waals surface area contributed by atoms with Crippen molar-refractivity contribution in [2.75, 3.05) is 6.61 Å². The number of hydrogen-bond donors (Lipinski definition) is 2. The van der Waals surface area contributed by atoms with Gasteiger partial charge in [0.1, 0.15) is 6.54 Å². The number of nitrogens with zero attached hydrogens (tertiary/aromatic N) is 3. The van der Waals surface area contributed by atoms with Crippen molar-refractivity contribution in [1.82, 2.24) is 20.3 Å². The zero-order chi connectivity index (χ0) is 14.5. The molecule has 2 heterocycles. The Kier molecular flexibility index (Phi) is 4.91. The molecule has 0 aliphatic heterocycles. The number of aromatic nitrogens is 3. The molecule has 0 bridgehead atoms. The largest absolute Gasteiger partial charge is 0.396 e. The van der Waals surface area contributed by atoms with E-state index in [0.717, 1.165) is 4.47 Å². The van der Waals surface area contributed by atoms with Gasteiger partial charge in [-0.1, -0.05) is 5.16 Å². The van der Waals surface area contributed by atoms with E-state index in [2.05, 4.69) is 31.5 Å². The molecular weight excluding hydrogens is 328 g/mol. The topological polar surface area (TPSA) is 93.2 Å². The molecule has 108 valence electrons. The molecule has 1 unspecified atom stereocenters. The van der Waals surface area contributed by atoms with Gasteiger partial charge in [-0.15, -0.1) is 0 Å². The molecule has 1 atom stereocenters. The standard InChI is InChI=1S/C12H15BrN4O3/c1-8(2-3-18)15-12(19)11-4-10(20-16-11)7-17-6-9(13)5-14-17/h4-6,8,18H,2-3,7H2,1H3,(H,15,19). The minimum Gasteiger partial charge on any atom is -0.396 e. The molecule has 2 rings (SSSR count). The smallest absolute Gasteiger partial charge is 0.273 e. The van der Waals surface area contributed by atoms with Gasteiger partial charge in [0, 0.05) is 24.9 Å². The number of rotatable bonds is 6. The summed E-state index contributed by atoms with van der Waals surface area (Å²) in [6.45, 7) is 2.24. The van der Waals surface area contributed by atoms with Crippen molar-refractivity contribution in [3.05, 3.63) is 34.4 Å². The van der Waals surface area contributed by atoms with Crippen molar-refractivity contribution < 1.29 is 14.4 Å². The quantitative estimate of drug-likeness (QED) is 0.822. The van der Waals surface area contributed by atoms with Crippen LogP contribution in [0.2, 0.25) is 0 Å². The highest BCUT2D eigenvalue weighted by Gasteiger charge is 2.15. The van der Waals surface area contributed by atoms with Crippen molar-refractivity contribution in [3.63, 3.8) is 0 Å². The number of halogens is 1. The molecule has 8 heteroatoms. The lowest BCUT2D eigenvalue weighted by Crippen LogP contribution is -2.33. The van der Waals surface area contributed by atoms with Crippen LogP contribution >= 0.6 is 15.9 Å². The number of hydrogen-bond acceptors (Lipinski definition) is 5. The molecule has 2 N–H and O–H groups in total. The average molecular weight is 343 g/mol. The minimum atomic E-state index is -0.317. The van der Waals surface area contributed by atoms with Crippen molar-refractivity contribution in [2.24, 2.45) is 0 Å². The van der Waals surface area contributed by atoms with Crippen LogP contribution < -0.4 is 5.32 Å². The normalized spacial score (nSPS) is 12.3. The molecule has 0 radical (unpaired) electrons. The Morgan fingerprint density at radius 2 is 2.45 bits per heavy atom. The summed E-state index contributed by atoms with van der Waals surface area (Å²) in [5.74, 6) is 0.225. The first-order valence-corrected chi connectivity index (χ1v) is 6.93. The van der Waals surface area contributed by atoms with Crippen LogP contribution in [0.25, 0.3) is 0 Å². The highest BCUT2D eigenvalue weighted by molar-refractivity contribution is 9.10. The van der Waals surface area contributed by atoms with E-state index in [1.54, 1.807) is 23.1 Å². The first kappa shape index (κ1) is 14.7. The molecule has 2 aromatic heterocycles. The Labute approximate surface area is 124 Å². The summed E-state index contributed by atoms with van der Waals surface area (Å²) in [7, 11) is 0. The molecule has 1 amide bonds. The third-order valence-corrected chi connectivity index (χ3v) is 3.06.